The highest BCUT2D eigenvalue weighted by Gasteiger charge is 2.23. The van der Waals surface area contributed by atoms with E-state index in [2.05, 4.69) is 4.37 Å². The first-order valence-corrected chi connectivity index (χ1v) is 4.61. The molecule has 68 valence electrons. The molecular weight excluding hydrogens is 174 g/mol. The fourth-order valence-corrected chi connectivity index (χ4v) is 1.59. The summed E-state index contributed by atoms with van der Waals surface area (Å²) in [5.74, 6) is 0.573. The Balaban J connectivity index is 2.88. The Morgan fingerprint density at radius 1 is 1.75 bits per heavy atom. The lowest BCUT2D eigenvalue weighted by Crippen LogP contribution is -2.17. The van der Waals surface area contributed by atoms with Crippen LogP contribution < -0.4 is 4.74 Å². The molecule has 1 rings (SSSR count). The standard InChI is InChI=1S/C8H13NO2S/c1-4-8(2,10)6-5-7(11-3)9-12-6/h5,10H,4H2,1-3H3. The number of nitrogens with zero attached hydrogens (tertiary/aromatic N) is 1. The first kappa shape index (κ1) is 9.48. The van der Waals surface area contributed by atoms with Crippen LogP contribution in [0, 0.1) is 0 Å². The summed E-state index contributed by atoms with van der Waals surface area (Å²) in [7, 11) is 1.57. The Hall–Kier alpha value is -0.610. The minimum absolute atomic E-state index is 0.573. The molecule has 0 amide bonds. The molecule has 0 fully saturated rings. The fourth-order valence-electron chi connectivity index (χ4n) is 0.783. The van der Waals surface area contributed by atoms with E-state index in [4.69, 9.17) is 4.74 Å². The van der Waals surface area contributed by atoms with Gasteiger partial charge in [0, 0.05) is 6.07 Å². The van der Waals surface area contributed by atoms with Crippen LogP contribution in [0.2, 0.25) is 0 Å². The summed E-state index contributed by atoms with van der Waals surface area (Å²) in [5, 5.41) is 9.82. The number of aliphatic hydroxyl groups is 1. The predicted molar refractivity (Wildman–Crippen MR) is 48.5 cm³/mol. The van der Waals surface area contributed by atoms with Gasteiger partial charge < -0.3 is 9.84 Å². The summed E-state index contributed by atoms with van der Waals surface area (Å²) in [5.41, 5.74) is -0.769. The molecular formula is C8H13NO2S. The topological polar surface area (TPSA) is 42.4 Å². The van der Waals surface area contributed by atoms with Gasteiger partial charge in [-0.25, -0.2) is 0 Å². The second-order valence-corrected chi connectivity index (χ2v) is 3.67. The van der Waals surface area contributed by atoms with Gasteiger partial charge in [-0.15, -0.1) is 0 Å². The average Bonchev–Trinajstić information content (AvgIpc) is 2.52. The number of ether oxygens (including phenoxy) is 1. The van der Waals surface area contributed by atoms with E-state index in [-0.39, 0.29) is 0 Å². The van der Waals surface area contributed by atoms with Gasteiger partial charge in [-0.3, -0.25) is 0 Å². The van der Waals surface area contributed by atoms with E-state index in [9.17, 15) is 5.11 Å². The van der Waals surface area contributed by atoms with Crippen LogP contribution in [0.1, 0.15) is 25.1 Å². The lowest BCUT2D eigenvalue weighted by Gasteiger charge is -2.17. The van der Waals surface area contributed by atoms with Gasteiger partial charge in [0.1, 0.15) is 0 Å². The minimum Gasteiger partial charge on any atom is -0.480 e. The van der Waals surface area contributed by atoms with Crippen molar-refractivity contribution in [2.45, 2.75) is 25.9 Å². The third-order valence-corrected chi connectivity index (χ3v) is 2.94. The molecule has 0 spiro atoms. The van der Waals surface area contributed by atoms with Gasteiger partial charge in [0.2, 0.25) is 5.88 Å². The number of methoxy groups -OCH3 is 1. The van der Waals surface area contributed by atoms with E-state index in [1.807, 2.05) is 6.92 Å². The molecule has 0 bridgehead atoms. The molecule has 1 N–H and O–H groups in total. The largest absolute Gasteiger partial charge is 0.480 e. The predicted octanol–water partition coefficient (Wildman–Crippen LogP) is 1.77. The lowest BCUT2D eigenvalue weighted by molar-refractivity contribution is 0.0568. The Labute approximate surface area is 76.2 Å². The summed E-state index contributed by atoms with van der Waals surface area (Å²) in [4.78, 5) is 0.849. The monoisotopic (exact) mass is 187 g/mol. The molecule has 1 heterocycles. The molecule has 0 aromatic carbocycles. The van der Waals surface area contributed by atoms with Gasteiger partial charge in [0.25, 0.3) is 0 Å². The van der Waals surface area contributed by atoms with Gasteiger partial charge >= 0.3 is 0 Å². The van der Waals surface area contributed by atoms with Crippen LogP contribution >= 0.6 is 11.5 Å². The fraction of sp³-hybridized carbons (Fsp3) is 0.625. The summed E-state index contributed by atoms with van der Waals surface area (Å²) in [6.07, 6.45) is 0.679. The molecule has 0 radical (unpaired) electrons. The molecule has 1 aromatic heterocycles. The van der Waals surface area contributed by atoms with Crippen molar-refractivity contribution in [1.82, 2.24) is 4.37 Å². The highest BCUT2D eigenvalue weighted by atomic mass is 32.1. The first-order valence-electron chi connectivity index (χ1n) is 3.83. The van der Waals surface area contributed by atoms with E-state index >= 15 is 0 Å². The smallest absolute Gasteiger partial charge is 0.225 e. The van der Waals surface area contributed by atoms with E-state index < -0.39 is 5.60 Å². The summed E-state index contributed by atoms with van der Waals surface area (Å²) < 4.78 is 8.93. The van der Waals surface area contributed by atoms with Crippen molar-refractivity contribution in [2.75, 3.05) is 7.11 Å². The van der Waals surface area contributed by atoms with Crippen LogP contribution in [0.3, 0.4) is 0 Å². The molecule has 3 nitrogen and oxygen atoms in total. The SMILES string of the molecule is CCC(C)(O)c1cc(OC)ns1. The van der Waals surface area contributed by atoms with Crippen molar-refractivity contribution in [1.29, 1.82) is 0 Å². The van der Waals surface area contributed by atoms with Crippen molar-refractivity contribution in [3.8, 4) is 5.88 Å². The molecule has 1 atom stereocenters. The maximum atomic E-state index is 9.82. The molecule has 1 aromatic rings. The second-order valence-electron chi connectivity index (χ2n) is 2.86. The van der Waals surface area contributed by atoms with Crippen LogP contribution in [0.25, 0.3) is 0 Å². The van der Waals surface area contributed by atoms with E-state index in [1.54, 1.807) is 20.1 Å². The van der Waals surface area contributed by atoms with Gasteiger partial charge in [0.15, 0.2) is 0 Å². The van der Waals surface area contributed by atoms with E-state index in [1.165, 1.54) is 11.5 Å². The first-order chi connectivity index (χ1) is 5.60. The lowest BCUT2D eigenvalue weighted by atomic mass is 10.0. The van der Waals surface area contributed by atoms with Gasteiger partial charge in [-0.1, -0.05) is 6.92 Å². The highest BCUT2D eigenvalue weighted by molar-refractivity contribution is 7.06. The van der Waals surface area contributed by atoms with Crippen molar-refractivity contribution in [3.63, 3.8) is 0 Å². The van der Waals surface area contributed by atoms with Crippen molar-refractivity contribution >= 4 is 11.5 Å². The highest BCUT2D eigenvalue weighted by Crippen LogP contribution is 2.30. The third-order valence-electron chi connectivity index (χ3n) is 1.92. The Morgan fingerprint density at radius 2 is 2.42 bits per heavy atom. The molecule has 0 aliphatic heterocycles. The molecule has 12 heavy (non-hydrogen) atoms. The van der Waals surface area contributed by atoms with Crippen molar-refractivity contribution in [2.24, 2.45) is 0 Å². The quantitative estimate of drug-likeness (QED) is 0.784. The molecule has 0 saturated carbocycles. The summed E-state index contributed by atoms with van der Waals surface area (Å²) in [6, 6.07) is 1.77. The third kappa shape index (κ3) is 1.76. The molecule has 0 saturated heterocycles. The molecule has 1 unspecified atom stereocenters. The molecule has 0 aliphatic carbocycles. The number of aromatic nitrogens is 1. The maximum absolute atomic E-state index is 9.82. The van der Waals surface area contributed by atoms with Gasteiger partial charge in [-0.05, 0) is 24.9 Å². The van der Waals surface area contributed by atoms with Crippen LogP contribution in [-0.4, -0.2) is 16.6 Å². The van der Waals surface area contributed by atoms with Crippen LogP contribution in [0.5, 0.6) is 5.88 Å². The van der Waals surface area contributed by atoms with Crippen molar-refractivity contribution in [3.05, 3.63) is 10.9 Å². The molecule has 0 aliphatic rings. The number of hydrogen-bond acceptors (Lipinski definition) is 4. The van der Waals surface area contributed by atoms with Crippen LogP contribution in [-0.2, 0) is 5.60 Å². The van der Waals surface area contributed by atoms with E-state index in [0.29, 0.717) is 12.3 Å². The Morgan fingerprint density at radius 3 is 2.83 bits per heavy atom. The van der Waals surface area contributed by atoms with Gasteiger partial charge in [-0.2, -0.15) is 4.37 Å². The Bertz CT molecular complexity index is 257. The zero-order valence-electron chi connectivity index (χ0n) is 7.50. The van der Waals surface area contributed by atoms with Gasteiger partial charge in [0.05, 0.1) is 17.6 Å². The number of hydrogen-bond donors (Lipinski definition) is 1. The maximum Gasteiger partial charge on any atom is 0.225 e. The minimum atomic E-state index is -0.769. The second kappa shape index (κ2) is 3.41. The number of rotatable bonds is 3. The zero-order chi connectivity index (χ0) is 9.19. The normalized spacial score (nSPS) is 15.7. The van der Waals surface area contributed by atoms with Crippen molar-refractivity contribution < 1.29 is 9.84 Å². The average molecular weight is 187 g/mol. The summed E-state index contributed by atoms with van der Waals surface area (Å²) >= 11 is 1.28. The van der Waals surface area contributed by atoms with E-state index in [0.717, 1.165) is 4.88 Å². The van der Waals surface area contributed by atoms with Crippen LogP contribution in [0.15, 0.2) is 6.07 Å². The zero-order valence-corrected chi connectivity index (χ0v) is 8.31. The summed E-state index contributed by atoms with van der Waals surface area (Å²) in [6.45, 7) is 3.71. The molecule has 4 heteroatoms. The Kier molecular flexibility index (Phi) is 2.69. The van der Waals surface area contributed by atoms with Crippen LogP contribution in [0.4, 0.5) is 0 Å².